The van der Waals surface area contributed by atoms with E-state index in [1.165, 1.54) is 11.1 Å². The number of hydrogen-bond donors (Lipinski definition) is 2. The second kappa shape index (κ2) is 5.29. The highest BCUT2D eigenvalue weighted by atomic mass is 16.3. The van der Waals surface area contributed by atoms with Crippen molar-refractivity contribution in [1.29, 1.82) is 0 Å². The summed E-state index contributed by atoms with van der Waals surface area (Å²) in [5.41, 5.74) is 8.16. The number of aliphatic hydroxyl groups excluding tert-OH is 1. The molecule has 1 rings (SSSR count). The van der Waals surface area contributed by atoms with Crippen LogP contribution in [0.25, 0.3) is 0 Å². The first-order valence-corrected chi connectivity index (χ1v) is 5.51. The van der Waals surface area contributed by atoms with Crippen molar-refractivity contribution in [2.45, 2.75) is 45.3 Å². The van der Waals surface area contributed by atoms with Crippen LogP contribution in [0.15, 0.2) is 24.3 Å². The maximum atomic E-state index is 9.69. The van der Waals surface area contributed by atoms with E-state index >= 15 is 0 Å². The molecule has 1 aromatic carbocycles. The molecule has 0 saturated heterocycles. The molecule has 3 N–H and O–H groups in total. The van der Waals surface area contributed by atoms with Gasteiger partial charge in [-0.3, -0.25) is 0 Å². The molecule has 0 aromatic heterocycles. The number of hydrogen-bond acceptors (Lipinski definition) is 2. The predicted molar refractivity (Wildman–Crippen MR) is 63.9 cm³/mol. The van der Waals surface area contributed by atoms with Gasteiger partial charge in [0.15, 0.2) is 0 Å². The van der Waals surface area contributed by atoms with Crippen LogP contribution in [0.4, 0.5) is 0 Å². The fourth-order valence-corrected chi connectivity index (χ4v) is 1.61. The zero-order valence-electron chi connectivity index (χ0n) is 9.77. The molecule has 0 aliphatic heterocycles. The molecule has 84 valence electrons. The fourth-order valence-electron chi connectivity index (χ4n) is 1.61. The van der Waals surface area contributed by atoms with Gasteiger partial charge in [0.1, 0.15) is 0 Å². The van der Waals surface area contributed by atoms with Gasteiger partial charge in [0.25, 0.3) is 0 Å². The Kier molecular flexibility index (Phi) is 4.30. The zero-order valence-corrected chi connectivity index (χ0v) is 9.77. The first-order chi connectivity index (χ1) is 7.00. The Morgan fingerprint density at radius 1 is 1.20 bits per heavy atom. The molecule has 0 fully saturated rings. The summed E-state index contributed by atoms with van der Waals surface area (Å²) in [5.74, 6) is 0.353. The highest BCUT2D eigenvalue weighted by molar-refractivity contribution is 5.24. The first-order valence-electron chi connectivity index (χ1n) is 5.51. The molecule has 0 amide bonds. The van der Waals surface area contributed by atoms with Crippen molar-refractivity contribution in [3.63, 3.8) is 0 Å². The van der Waals surface area contributed by atoms with Gasteiger partial charge >= 0.3 is 0 Å². The Morgan fingerprint density at radius 3 is 2.20 bits per heavy atom. The Labute approximate surface area is 92.1 Å². The summed E-state index contributed by atoms with van der Waals surface area (Å²) in [4.78, 5) is 0. The summed E-state index contributed by atoms with van der Waals surface area (Å²) in [5, 5.41) is 9.69. The first kappa shape index (κ1) is 12.2. The Hall–Kier alpha value is -0.860. The van der Waals surface area contributed by atoms with Crippen LogP contribution in [0.3, 0.4) is 0 Å². The van der Waals surface area contributed by atoms with Crippen LogP contribution in [-0.4, -0.2) is 17.3 Å². The third-order valence-corrected chi connectivity index (χ3v) is 2.85. The molecular weight excluding hydrogens is 186 g/mol. The van der Waals surface area contributed by atoms with E-state index in [9.17, 15) is 5.11 Å². The van der Waals surface area contributed by atoms with E-state index in [1.807, 2.05) is 6.92 Å². The van der Waals surface area contributed by atoms with Crippen molar-refractivity contribution in [2.24, 2.45) is 5.73 Å². The van der Waals surface area contributed by atoms with Crippen molar-refractivity contribution in [2.75, 3.05) is 0 Å². The highest BCUT2D eigenvalue weighted by Crippen LogP contribution is 2.21. The van der Waals surface area contributed by atoms with Gasteiger partial charge in [-0.1, -0.05) is 36.8 Å². The summed E-state index contributed by atoms with van der Waals surface area (Å²) in [6.45, 7) is 6.04. The van der Waals surface area contributed by atoms with E-state index in [0.29, 0.717) is 5.92 Å². The predicted octanol–water partition coefficient (Wildman–Crippen LogP) is 2.20. The van der Waals surface area contributed by atoms with Crippen LogP contribution in [0.5, 0.6) is 0 Å². The normalized spacial score (nSPS) is 17.1. The summed E-state index contributed by atoms with van der Waals surface area (Å²) >= 11 is 0. The molecule has 0 radical (unpaired) electrons. The monoisotopic (exact) mass is 207 g/mol. The fraction of sp³-hybridized carbons (Fsp3) is 0.538. The van der Waals surface area contributed by atoms with Gasteiger partial charge in [-0.05, 0) is 31.7 Å². The quantitative estimate of drug-likeness (QED) is 0.795. The van der Waals surface area contributed by atoms with E-state index < -0.39 is 6.10 Å². The van der Waals surface area contributed by atoms with Gasteiger partial charge in [0.05, 0.1) is 6.10 Å². The van der Waals surface area contributed by atoms with Crippen molar-refractivity contribution in [1.82, 2.24) is 0 Å². The van der Waals surface area contributed by atoms with Gasteiger partial charge in [-0.2, -0.15) is 0 Å². The van der Waals surface area contributed by atoms with E-state index in [4.69, 9.17) is 5.73 Å². The van der Waals surface area contributed by atoms with Crippen LogP contribution in [0.1, 0.15) is 37.3 Å². The maximum Gasteiger partial charge on any atom is 0.0694 e. The van der Waals surface area contributed by atoms with E-state index in [-0.39, 0.29) is 6.04 Å². The number of benzene rings is 1. The third kappa shape index (κ3) is 3.65. The van der Waals surface area contributed by atoms with Gasteiger partial charge in [0, 0.05) is 6.04 Å². The molecule has 0 saturated carbocycles. The summed E-state index contributed by atoms with van der Waals surface area (Å²) < 4.78 is 0. The summed E-state index contributed by atoms with van der Waals surface area (Å²) in [6, 6.07) is 8.29. The smallest absolute Gasteiger partial charge is 0.0694 e. The van der Waals surface area contributed by atoms with Crippen LogP contribution in [-0.2, 0) is 0 Å². The second-order valence-electron chi connectivity index (χ2n) is 4.47. The van der Waals surface area contributed by atoms with Gasteiger partial charge in [-0.15, -0.1) is 0 Å². The molecule has 15 heavy (non-hydrogen) atoms. The van der Waals surface area contributed by atoms with Crippen molar-refractivity contribution in [3.05, 3.63) is 35.4 Å². The molecule has 1 aromatic rings. The number of rotatable bonds is 4. The SMILES string of the molecule is Cc1ccc(C(C)CC(O)C(C)N)cc1. The van der Waals surface area contributed by atoms with Crippen molar-refractivity contribution >= 4 is 0 Å². The largest absolute Gasteiger partial charge is 0.392 e. The van der Waals surface area contributed by atoms with Crippen LogP contribution in [0, 0.1) is 6.92 Å². The third-order valence-electron chi connectivity index (χ3n) is 2.85. The molecule has 2 heteroatoms. The topological polar surface area (TPSA) is 46.2 Å². The summed E-state index contributed by atoms with van der Waals surface area (Å²) in [6.07, 6.45) is 0.307. The Morgan fingerprint density at radius 2 is 1.73 bits per heavy atom. The molecule has 0 aliphatic rings. The average molecular weight is 207 g/mol. The minimum absolute atomic E-state index is 0.155. The number of aliphatic hydroxyl groups is 1. The molecule has 0 spiro atoms. The number of aryl methyl sites for hydroxylation is 1. The Bertz CT molecular complexity index is 292. The summed E-state index contributed by atoms with van der Waals surface area (Å²) in [7, 11) is 0. The van der Waals surface area contributed by atoms with Crippen LogP contribution < -0.4 is 5.73 Å². The van der Waals surface area contributed by atoms with Crippen LogP contribution >= 0.6 is 0 Å². The molecule has 2 nitrogen and oxygen atoms in total. The molecular formula is C13H21NO. The maximum absolute atomic E-state index is 9.69. The van der Waals surface area contributed by atoms with Gasteiger partial charge < -0.3 is 10.8 Å². The minimum Gasteiger partial charge on any atom is -0.392 e. The highest BCUT2D eigenvalue weighted by Gasteiger charge is 2.15. The average Bonchev–Trinajstić information content (AvgIpc) is 2.18. The lowest BCUT2D eigenvalue weighted by Crippen LogP contribution is -2.32. The number of nitrogens with two attached hydrogens (primary N) is 1. The lowest BCUT2D eigenvalue weighted by Gasteiger charge is -2.19. The molecule has 3 unspecified atom stereocenters. The van der Waals surface area contributed by atoms with Gasteiger partial charge in [0.2, 0.25) is 0 Å². The van der Waals surface area contributed by atoms with E-state index in [2.05, 4.69) is 38.1 Å². The lowest BCUT2D eigenvalue weighted by molar-refractivity contribution is 0.134. The lowest BCUT2D eigenvalue weighted by atomic mass is 9.92. The molecule has 3 atom stereocenters. The molecule has 0 aliphatic carbocycles. The van der Waals surface area contributed by atoms with E-state index in [0.717, 1.165) is 6.42 Å². The van der Waals surface area contributed by atoms with Crippen LogP contribution in [0.2, 0.25) is 0 Å². The Balaban J connectivity index is 2.61. The molecule has 0 heterocycles. The van der Waals surface area contributed by atoms with Gasteiger partial charge in [-0.25, -0.2) is 0 Å². The standard InChI is InChI=1S/C13H21NO/c1-9-4-6-12(7-5-9)10(2)8-13(15)11(3)14/h4-7,10-11,13,15H,8,14H2,1-3H3. The zero-order chi connectivity index (χ0) is 11.4. The minimum atomic E-state index is -0.415. The second-order valence-corrected chi connectivity index (χ2v) is 4.47. The van der Waals surface area contributed by atoms with Crippen molar-refractivity contribution < 1.29 is 5.11 Å². The van der Waals surface area contributed by atoms with Crippen molar-refractivity contribution in [3.8, 4) is 0 Å². The molecule has 0 bridgehead atoms. The van der Waals surface area contributed by atoms with E-state index in [1.54, 1.807) is 0 Å².